The molecule has 1 aliphatic carbocycles. The lowest BCUT2D eigenvalue weighted by Crippen LogP contribution is -3.04. The van der Waals surface area contributed by atoms with Crippen molar-refractivity contribution in [3.8, 4) is 0 Å². The van der Waals surface area contributed by atoms with E-state index in [-0.39, 0.29) is 0 Å². The summed E-state index contributed by atoms with van der Waals surface area (Å²) in [5, 5.41) is 10.8. The van der Waals surface area contributed by atoms with Crippen molar-refractivity contribution in [3.05, 3.63) is 5.21 Å². The van der Waals surface area contributed by atoms with Gasteiger partial charge in [-0.3, -0.25) is 0 Å². The molecule has 0 saturated heterocycles. The van der Waals surface area contributed by atoms with Gasteiger partial charge in [0.1, 0.15) is 0 Å². The Bertz CT molecular complexity index is 68.9. The second-order valence-corrected chi connectivity index (χ2v) is 2.70. The van der Waals surface area contributed by atoms with Gasteiger partial charge in [-0.1, -0.05) is 6.42 Å². The summed E-state index contributed by atoms with van der Waals surface area (Å²) in [5.41, 5.74) is 0. The molecule has 48 valence electrons. The monoisotopic (exact) mass is 115 g/mol. The van der Waals surface area contributed by atoms with E-state index in [1.54, 1.807) is 7.05 Å². The van der Waals surface area contributed by atoms with Crippen LogP contribution in [0, 0.1) is 11.1 Å². The summed E-state index contributed by atoms with van der Waals surface area (Å²) in [6.45, 7) is 0.833. The Morgan fingerprint density at radius 3 is 2.38 bits per heavy atom. The first kappa shape index (κ1) is 6.05. The molecule has 0 amide bonds. The minimum absolute atomic E-state index is 0.356. The number of quaternary nitrogens is 1. The third-order valence-electron chi connectivity index (χ3n) is 1.80. The van der Waals surface area contributed by atoms with Gasteiger partial charge < -0.3 is 10.3 Å². The van der Waals surface area contributed by atoms with Crippen molar-refractivity contribution in [2.75, 3.05) is 13.6 Å². The van der Waals surface area contributed by atoms with Crippen LogP contribution in [0.3, 0.4) is 0 Å². The highest BCUT2D eigenvalue weighted by atomic mass is 16.5. The quantitative estimate of drug-likeness (QED) is 0.496. The zero-order chi connectivity index (χ0) is 5.98. The Morgan fingerprint density at radius 2 is 2.25 bits per heavy atom. The third kappa shape index (κ3) is 1.46. The highest BCUT2D eigenvalue weighted by Crippen LogP contribution is 2.24. The highest BCUT2D eigenvalue weighted by molar-refractivity contribution is 4.67. The summed E-state index contributed by atoms with van der Waals surface area (Å²) < 4.78 is 0. The van der Waals surface area contributed by atoms with E-state index in [9.17, 15) is 5.21 Å². The minimum atomic E-state index is 0.356. The highest BCUT2D eigenvalue weighted by Gasteiger charge is 2.18. The molecule has 1 N–H and O–H groups in total. The normalized spacial score (nSPS) is 24.8. The Kier molecular flexibility index (Phi) is 1.86. The second kappa shape index (κ2) is 2.46. The van der Waals surface area contributed by atoms with Gasteiger partial charge in [0, 0.05) is 5.92 Å². The van der Waals surface area contributed by atoms with Crippen LogP contribution in [-0.2, 0) is 0 Å². The molecule has 1 atom stereocenters. The number of rotatable bonds is 2. The van der Waals surface area contributed by atoms with Crippen molar-refractivity contribution in [2.24, 2.45) is 5.92 Å². The summed E-state index contributed by atoms with van der Waals surface area (Å²) >= 11 is 0. The second-order valence-electron chi connectivity index (χ2n) is 2.70. The summed E-state index contributed by atoms with van der Waals surface area (Å²) in [6, 6.07) is 0. The fraction of sp³-hybridized carbons (Fsp3) is 1.00. The van der Waals surface area contributed by atoms with Gasteiger partial charge in [0.25, 0.3) is 0 Å². The lowest BCUT2D eigenvalue weighted by molar-refractivity contribution is -0.830. The maximum Gasteiger partial charge on any atom is 0.0794 e. The van der Waals surface area contributed by atoms with E-state index in [1.165, 1.54) is 19.3 Å². The Balaban J connectivity index is 2.01. The summed E-state index contributed by atoms with van der Waals surface area (Å²) in [6.07, 6.45) is 3.93. The number of hydrogen-bond acceptors (Lipinski definition) is 1. The van der Waals surface area contributed by atoms with E-state index in [4.69, 9.17) is 0 Å². The van der Waals surface area contributed by atoms with Gasteiger partial charge in [0.2, 0.25) is 0 Å². The molecule has 0 spiro atoms. The Labute approximate surface area is 50.1 Å². The number of nitrogens with one attached hydrogen (secondary N) is 1. The average molecular weight is 115 g/mol. The molecule has 2 nitrogen and oxygen atoms in total. The van der Waals surface area contributed by atoms with Crippen molar-refractivity contribution in [1.29, 1.82) is 0 Å². The molecular weight excluding hydrogens is 102 g/mol. The van der Waals surface area contributed by atoms with Gasteiger partial charge in [0.05, 0.1) is 13.6 Å². The first-order valence-electron chi connectivity index (χ1n) is 3.28. The minimum Gasteiger partial charge on any atom is -0.634 e. The van der Waals surface area contributed by atoms with Crippen molar-refractivity contribution < 1.29 is 5.06 Å². The number of hydroxylamine groups is 2. The van der Waals surface area contributed by atoms with Crippen LogP contribution in [0.25, 0.3) is 0 Å². The van der Waals surface area contributed by atoms with Crippen molar-refractivity contribution >= 4 is 0 Å². The van der Waals surface area contributed by atoms with Crippen molar-refractivity contribution in [1.82, 2.24) is 0 Å². The van der Waals surface area contributed by atoms with Crippen molar-refractivity contribution in [2.45, 2.75) is 19.3 Å². The van der Waals surface area contributed by atoms with Crippen LogP contribution in [0.2, 0.25) is 0 Å². The van der Waals surface area contributed by atoms with Crippen LogP contribution in [0.5, 0.6) is 0 Å². The smallest absolute Gasteiger partial charge is 0.0794 e. The summed E-state index contributed by atoms with van der Waals surface area (Å²) in [4.78, 5) is 0. The van der Waals surface area contributed by atoms with Crippen LogP contribution < -0.4 is 5.06 Å². The molecule has 1 aliphatic rings. The molecule has 1 unspecified atom stereocenters. The fourth-order valence-electron chi connectivity index (χ4n) is 1.10. The maximum atomic E-state index is 10.4. The zero-order valence-electron chi connectivity index (χ0n) is 5.31. The molecule has 0 aromatic carbocycles. The summed E-state index contributed by atoms with van der Waals surface area (Å²) in [5.74, 6) is 0.757. The maximum absolute atomic E-state index is 10.4. The van der Waals surface area contributed by atoms with E-state index in [1.807, 2.05) is 0 Å². The lowest BCUT2D eigenvalue weighted by atomic mass is 9.85. The molecule has 2 heteroatoms. The largest absolute Gasteiger partial charge is 0.634 e. The van der Waals surface area contributed by atoms with E-state index >= 15 is 0 Å². The first-order valence-corrected chi connectivity index (χ1v) is 3.28. The van der Waals surface area contributed by atoms with Gasteiger partial charge in [-0.15, -0.1) is 0 Å². The van der Waals surface area contributed by atoms with E-state index in [0.29, 0.717) is 5.06 Å². The SMILES string of the molecule is C[NH+]([O-])CC1CCC1. The van der Waals surface area contributed by atoms with Crippen LogP contribution in [-0.4, -0.2) is 13.6 Å². The molecule has 1 fully saturated rings. The lowest BCUT2D eigenvalue weighted by Gasteiger charge is -2.29. The fourth-order valence-corrected chi connectivity index (χ4v) is 1.10. The molecule has 0 bridgehead atoms. The molecule has 0 heterocycles. The van der Waals surface area contributed by atoms with Crippen molar-refractivity contribution in [3.63, 3.8) is 0 Å². The van der Waals surface area contributed by atoms with Crippen LogP contribution in [0.15, 0.2) is 0 Å². The molecule has 0 aliphatic heterocycles. The first-order chi connectivity index (χ1) is 3.79. The molecule has 0 aromatic rings. The predicted octanol–water partition coefficient (Wildman–Crippen LogP) is -0.201. The topological polar surface area (TPSA) is 27.5 Å². The van der Waals surface area contributed by atoms with Gasteiger partial charge in [-0.05, 0) is 12.8 Å². The molecule has 8 heavy (non-hydrogen) atoms. The van der Waals surface area contributed by atoms with Crippen LogP contribution >= 0.6 is 0 Å². The van der Waals surface area contributed by atoms with E-state index in [2.05, 4.69) is 0 Å². The van der Waals surface area contributed by atoms with E-state index < -0.39 is 0 Å². The average Bonchev–Trinajstić information content (AvgIpc) is 1.55. The molecule has 0 radical (unpaired) electrons. The summed E-state index contributed by atoms with van der Waals surface area (Å²) in [7, 11) is 1.68. The molecule has 0 aromatic heterocycles. The van der Waals surface area contributed by atoms with Crippen LogP contribution in [0.1, 0.15) is 19.3 Å². The molecule has 1 saturated carbocycles. The Morgan fingerprint density at radius 1 is 1.62 bits per heavy atom. The van der Waals surface area contributed by atoms with Gasteiger partial charge in [-0.25, -0.2) is 0 Å². The van der Waals surface area contributed by atoms with Crippen LogP contribution in [0.4, 0.5) is 0 Å². The Hall–Kier alpha value is -0.0800. The third-order valence-corrected chi connectivity index (χ3v) is 1.80. The zero-order valence-corrected chi connectivity index (χ0v) is 5.31. The van der Waals surface area contributed by atoms with E-state index in [0.717, 1.165) is 12.5 Å². The van der Waals surface area contributed by atoms with Gasteiger partial charge in [0.15, 0.2) is 0 Å². The molecular formula is C6H13NO. The standard InChI is InChI=1S/C6H13NO/c1-7(8)5-6-3-2-4-6/h6-7H,2-5H2,1H3. The van der Waals surface area contributed by atoms with Gasteiger partial charge >= 0.3 is 0 Å². The predicted molar refractivity (Wildman–Crippen MR) is 32.5 cm³/mol. The number of hydrogen-bond donors (Lipinski definition) is 1. The van der Waals surface area contributed by atoms with Gasteiger partial charge in [-0.2, -0.15) is 0 Å². The molecule has 1 rings (SSSR count).